The molecule has 142 valence electrons. The van der Waals surface area contributed by atoms with Gasteiger partial charge in [-0.3, -0.25) is 9.59 Å². The first-order chi connectivity index (χ1) is 12.0. The molecular weight excluding hydrogens is 352 g/mol. The van der Waals surface area contributed by atoms with Gasteiger partial charge in [0.25, 0.3) is 0 Å². The van der Waals surface area contributed by atoms with E-state index in [1.165, 1.54) is 11.8 Å². The fraction of sp³-hybridized carbons (Fsp3) is 0.526. The minimum Gasteiger partial charge on any atom is -0.444 e. The number of carbonyl (C=O) groups is 3. The summed E-state index contributed by atoms with van der Waals surface area (Å²) >= 11 is 1.21. The van der Waals surface area contributed by atoms with Gasteiger partial charge in [0.15, 0.2) is 0 Å². The van der Waals surface area contributed by atoms with E-state index in [-0.39, 0.29) is 9.86 Å². The lowest BCUT2D eigenvalue weighted by molar-refractivity contribution is -0.127. The van der Waals surface area contributed by atoms with E-state index in [2.05, 4.69) is 10.6 Å². The first-order valence-electron chi connectivity index (χ1n) is 8.54. The molecule has 0 unspecified atom stereocenters. The number of amides is 2. The molecule has 2 atom stereocenters. The topological polar surface area (TPSA) is 84.5 Å². The van der Waals surface area contributed by atoms with Crippen molar-refractivity contribution in [1.82, 2.24) is 10.6 Å². The van der Waals surface area contributed by atoms with Crippen molar-refractivity contribution in [2.75, 3.05) is 0 Å². The molecule has 0 spiro atoms. The van der Waals surface area contributed by atoms with Gasteiger partial charge in [0.1, 0.15) is 17.7 Å². The summed E-state index contributed by atoms with van der Waals surface area (Å²) in [6.45, 7) is 9.07. The zero-order valence-electron chi connectivity index (χ0n) is 15.8. The van der Waals surface area contributed by atoms with Crippen LogP contribution in [0.1, 0.15) is 40.2 Å². The van der Waals surface area contributed by atoms with Gasteiger partial charge in [0.2, 0.25) is 11.0 Å². The second kappa shape index (κ2) is 7.70. The third kappa shape index (κ3) is 5.49. The van der Waals surface area contributed by atoms with Gasteiger partial charge in [-0.1, -0.05) is 42.1 Å². The summed E-state index contributed by atoms with van der Waals surface area (Å²) in [5.74, 6) is -0.397. The number of benzene rings is 1. The van der Waals surface area contributed by atoms with Crippen molar-refractivity contribution in [3.63, 3.8) is 0 Å². The Hall–Kier alpha value is -2.02. The SMILES string of the molecule is CC(C)(C)OC(=O)N[C@@H](Cc1ccccc1)C(=O)N[C@@H]1C(=O)SC1(C)C. The zero-order valence-corrected chi connectivity index (χ0v) is 16.6. The van der Waals surface area contributed by atoms with E-state index in [0.29, 0.717) is 6.42 Å². The number of ether oxygens (including phenoxy) is 1. The quantitative estimate of drug-likeness (QED) is 0.823. The third-order valence-electron chi connectivity index (χ3n) is 3.87. The highest BCUT2D eigenvalue weighted by Gasteiger charge is 2.49. The molecule has 0 saturated carbocycles. The average Bonchev–Trinajstić information content (AvgIpc) is 2.50. The zero-order chi connectivity index (χ0) is 19.5. The molecule has 1 fully saturated rings. The predicted molar refractivity (Wildman–Crippen MR) is 102 cm³/mol. The van der Waals surface area contributed by atoms with E-state index in [0.717, 1.165) is 5.56 Å². The Morgan fingerprint density at radius 2 is 1.85 bits per heavy atom. The fourth-order valence-electron chi connectivity index (χ4n) is 2.59. The second-order valence-electron chi connectivity index (χ2n) is 7.85. The standard InChI is InChI=1S/C19H26N2O4S/c1-18(2,3)25-17(24)20-13(11-12-9-7-6-8-10-12)15(22)21-14-16(23)26-19(14,4)5/h6-10,13-14H,11H2,1-5H3,(H,20,24)(H,21,22)/t13-,14+/m0/s1. The van der Waals surface area contributed by atoms with Crippen LogP contribution in [0.15, 0.2) is 30.3 Å². The van der Waals surface area contributed by atoms with Gasteiger partial charge in [0, 0.05) is 11.2 Å². The van der Waals surface area contributed by atoms with E-state index in [1.807, 2.05) is 44.2 Å². The molecule has 0 radical (unpaired) electrons. The molecule has 26 heavy (non-hydrogen) atoms. The Bertz CT molecular complexity index is 683. The van der Waals surface area contributed by atoms with Gasteiger partial charge < -0.3 is 15.4 Å². The molecule has 1 saturated heterocycles. The number of thioether (sulfide) groups is 1. The number of nitrogens with one attached hydrogen (secondary N) is 2. The van der Waals surface area contributed by atoms with Crippen molar-refractivity contribution < 1.29 is 19.1 Å². The van der Waals surface area contributed by atoms with Gasteiger partial charge in [0.05, 0.1) is 0 Å². The molecule has 0 bridgehead atoms. The average molecular weight is 378 g/mol. The number of rotatable bonds is 5. The molecule has 7 heteroatoms. The lowest BCUT2D eigenvalue weighted by Gasteiger charge is -2.42. The molecule has 1 aromatic carbocycles. The van der Waals surface area contributed by atoms with Crippen LogP contribution in [0, 0.1) is 0 Å². The maximum Gasteiger partial charge on any atom is 0.408 e. The maximum atomic E-state index is 12.7. The number of carbonyl (C=O) groups excluding carboxylic acids is 3. The number of hydrogen-bond acceptors (Lipinski definition) is 5. The highest BCUT2D eigenvalue weighted by Crippen LogP contribution is 2.41. The van der Waals surface area contributed by atoms with Crippen LogP contribution in [-0.2, 0) is 20.7 Å². The summed E-state index contributed by atoms with van der Waals surface area (Å²) in [6.07, 6.45) is -0.359. The first kappa shape index (κ1) is 20.3. The summed E-state index contributed by atoms with van der Waals surface area (Å²) in [7, 11) is 0. The summed E-state index contributed by atoms with van der Waals surface area (Å²) < 4.78 is 4.91. The van der Waals surface area contributed by atoms with Crippen LogP contribution in [0.2, 0.25) is 0 Å². The van der Waals surface area contributed by atoms with Crippen molar-refractivity contribution in [1.29, 1.82) is 0 Å². The largest absolute Gasteiger partial charge is 0.444 e. The Kier molecular flexibility index (Phi) is 6.01. The minimum atomic E-state index is -0.832. The molecule has 1 aliphatic heterocycles. The molecule has 2 rings (SSSR count). The highest BCUT2D eigenvalue weighted by molar-refractivity contribution is 8.17. The van der Waals surface area contributed by atoms with E-state index in [9.17, 15) is 14.4 Å². The molecule has 1 aromatic rings. The van der Waals surface area contributed by atoms with Crippen LogP contribution in [-0.4, -0.2) is 39.5 Å². The lowest BCUT2D eigenvalue weighted by atomic mass is 10.0. The van der Waals surface area contributed by atoms with Crippen molar-refractivity contribution in [2.24, 2.45) is 0 Å². The van der Waals surface area contributed by atoms with E-state index in [4.69, 9.17) is 4.74 Å². The molecule has 1 aliphatic rings. The number of hydrogen-bond donors (Lipinski definition) is 2. The molecule has 1 heterocycles. The summed E-state index contributed by atoms with van der Waals surface area (Å²) in [5, 5.41) is 5.32. The van der Waals surface area contributed by atoms with Crippen molar-refractivity contribution >= 4 is 28.9 Å². The molecule has 6 nitrogen and oxygen atoms in total. The molecule has 0 aromatic heterocycles. The van der Waals surface area contributed by atoms with E-state index in [1.54, 1.807) is 20.8 Å². The van der Waals surface area contributed by atoms with Crippen LogP contribution in [0.25, 0.3) is 0 Å². The second-order valence-corrected chi connectivity index (χ2v) is 9.51. The molecule has 0 aliphatic carbocycles. The van der Waals surface area contributed by atoms with E-state index < -0.39 is 29.7 Å². The fourth-order valence-corrected chi connectivity index (χ4v) is 3.68. The van der Waals surface area contributed by atoms with Gasteiger partial charge in [-0.25, -0.2) is 4.79 Å². The smallest absolute Gasteiger partial charge is 0.408 e. The normalized spacial score (nSPS) is 19.9. The van der Waals surface area contributed by atoms with Gasteiger partial charge in [-0.2, -0.15) is 0 Å². The highest BCUT2D eigenvalue weighted by atomic mass is 32.2. The summed E-state index contributed by atoms with van der Waals surface area (Å²) in [5.41, 5.74) is 0.234. The Morgan fingerprint density at radius 1 is 1.23 bits per heavy atom. The van der Waals surface area contributed by atoms with Gasteiger partial charge in [-0.05, 0) is 40.2 Å². The molecule has 2 amide bonds. The van der Waals surface area contributed by atoms with Crippen molar-refractivity contribution in [3.8, 4) is 0 Å². The molecule has 2 N–H and O–H groups in total. The third-order valence-corrected chi connectivity index (χ3v) is 5.07. The van der Waals surface area contributed by atoms with Crippen LogP contribution in [0.4, 0.5) is 4.79 Å². The first-order valence-corrected chi connectivity index (χ1v) is 9.36. The van der Waals surface area contributed by atoms with E-state index >= 15 is 0 Å². The minimum absolute atomic E-state index is 0.0703. The maximum absolute atomic E-state index is 12.7. The Balaban J connectivity index is 2.10. The van der Waals surface area contributed by atoms with Crippen molar-refractivity contribution in [3.05, 3.63) is 35.9 Å². The predicted octanol–water partition coefficient (Wildman–Crippen LogP) is 2.66. The summed E-state index contributed by atoms with van der Waals surface area (Å²) in [6, 6.07) is 7.99. The molecular formula is C19H26N2O4S. The number of alkyl carbamates (subject to hydrolysis) is 1. The van der Waals surface area contributed by atoms with Crippen molar-refractivity contribution in [2.45, 2.75) is 63.5 Å². The monoisotopic (exact) mass is 378 g/mol. The van der Waals surface area contributed by atoms with Crippen LogP contribution < -0.4 is 10.6 Å². The van der Waals surface area contributed by atoms with Crippen LogP contribution in [0.3, 0.4) is 0 Å². The lowest BCUT2D eigenvalue weighted by Crippen LogP contribution is -2.63. The van der Waals surface area contributed by atoms with Crippen LogP contribution >= 0.6 is 11.8 Å². The Morgan fingerprint density at radius 3 is 2.35 bits per heavy atom. The van der Waals surface area contributed by atoms with Gasteiger partial charge in [-0.15, -0.1) is 0 Å². The van der Waals surface area contributed by atoms with Gasteiger partial charge >= 0.3 is 6.09 Å². The summed E-state index contributed by atoms with van der Waals surface area (Å²) in [4.78, 5) is 36.7. The van der Waals surface area contributed by atoms with Crippen LogP contribution in [0.5, 0.6) is 0 Å². The Labute approximate surface area is 158 Å².